The Bertz CT molecular complexity index is 2190. The summed E-state index contributed by atoms with van der Waals surface area (Å²) in [7, 11) is 0. The van der Waals surface area contributed by atoms with Crippen molar-refractivity contribution >= 4 is 21.8 Å². The number of nitrogens with zero attached hydrogens (tertiary/aromatic N) is 3. The highest BCUT2D eigenvalue weighted by Crippen LogP contribution is 2.61. The van der Waals surface area contributed by atoms with Gasteiger partial charge in [0.2, 0.25) is 5.95 Å². The minimum absolute atomic E-state index is 0.325. The standard InChI is InChI=1S/C44H37N3/c1-3-11-32(12-4-1)38-24-34(44-26-29-21-30(27-44)23-31(22-29)28-44)19-20-35(38)40-25-39(33-13-5-2-6-14-33)45-43(46-40)47-41-17-9-7-15-36(41)37-16-8-10-18-42(37)47/h1-20,24-25,29-31H,21-23,26-28H2. The van der Waals surface area contributed by atoms with Crippen molar-refractivity contribution in [3.63, 3.8) is 0 Å². The summed E-state index contributed by atoms with van der Waals surface area (Å²) in [5.74, 6) is 3.42. The minimum atomic E-state index is 0.325. The summed E-state index contributed by atoms with van der Waals surface area (Å²) in [5.41, 5.74) is 10.7. The van der Waals surface area contributed by atoms with Gasteiger partial charge in [-0.2, -0.15) is 0 Å². The lowest BCUT2D eigenvalue weighted by Gasteiger charge is -2.57. The summed E-state index contributed by atoms with van der Waals surface area (Å²) in [6.07, 6.45) is 8.44. The van der Waals surface area contributed by atoms with Gasteiger partial charge in [0.25, 0.3) is 0 Å². The van der Waals surface area contributed by atoms with Gasteiger partial charge in [-0.15, -0.1) is 0 Å². The molecule has 4 bridgehead atoms. The quantitative estimate of drug-likeness (QED) is 0.195. The third-order valence-corrected chi connectivity index (χ3v) is 11.6. The van der Waals surface area contributed by atoms with E-state index >= 15 is 0 Å². The fourth-order valence-corrected chi connectivity index (χ4v) is 9.99. The van der Waals surface area contributed by atoms with Crippen LogP contribution in [0.3, 0.4) is 0 Å². The number of aromatic nitrogens is 3. The van der Waals surface area contributed by atoms with Crippen LogP contribution in [0, 0.1) is 17.8 Å². The zero-order valence-electron chi connectivity index (χ0n) is 26.5. The Kier molecular flexibility index (Phi) is 6.06. The lowest BCUT2D eigenvalue weighted by atomic mass is 9.48. The van der Waals surface area contributed by atoms with Crippen LogP contribution in [0.2, 0.25) is 0 Å². The van der Waals surface area contributed by atoms with Gasteiger partial charge in [-0.1, -0.05) is 109 Å². The molecule has 0 spiro atoms. The topological polar surface area (TPSA) is 30.7 Å². The van der Waals surface area contributed by atoms with Crippen LogP contribution in [0.15, 0.2) is 133 Å². The largest absolute Gasteiger partial charge is 0.278 e. The number of para-hydroxylation sites is 2. The summed E-state index contributed by atoms with van der Waals surface area (Å²) in [5, 5.41) is 2.42. The van der Waals surface area contributed by atoms with Crippen LogP contribution in [-0.2, 0) is 5.41 Å². The highest BCUT2D eigenvalue weighted by atomic mass is 15.2. The normalized spacial score (nSPS) is 23.1. The van der Waals surface area contributed by atoms with Gasteiger partial charge in [-0.3, -0.25) is 4.57 Å². The summed E-state index contributed by atoms with van der Waals surface area (Å²) >= 11 is 0. The lowest BCUT2D eigenvalue weighted by molar-refractivity contribution is -0.00516. The van der Waals surface area contributed by atoms with Gasteiger partial charge in [0.15, 0.2) is 0 Å². The molecule has 0 amide bonds. The summed E-state index contributed by atoms with van der Waals surface area (Å²) in [6, 6.07) is 48.3. The summed E-state index contributed by atoms with van der Waals surface area (Å²) in [6.45, 7) is 0. The predicted octanol–water partition coefficient (Wildman–Crippen LogP) is 11.0. The van der Waals surface area contributed by atoms with Crippen molar-refractivity contribution < 1.29 is 0 Å². The molecular weight excluding hydrogens is 571 g/mol. The molecule has 47 heavy (non-hydrogen) atoms. The lowest BCUT2D eigenvalue weighted by Crippen LogP contribution is -2.48. The number of hydrogen-bond acceptors (Lipinski definition) is 2. The molecule has 0 N–H and O–H groups in total. The molecule has 0 atom stereocenters. The van der Waals surface area contributed by atoms with Crippen LogP contribution >= 0.6 is 0 Å². The minimum Gasteiger partial charge on any atom is -0.278 e. The van der Waals surface area contributed by atoms with Gasteiger partial charge in [0, 0.05) is 21.9 Å². The first-order chi connectivity index (χ1) is 23.2. The fraction of sp³-hybridized carbons (Fsp3) is 0.227. The second kappa shape index (κ2) is 10.5. The first kappa shape index (κ1) is 27.1. The van der Waals surface area contributed by atoms with Gasteiger partial charge in [0.05, 0.1) is 22.4 Å². The average Bonchev–Trinajstić information content (AvgIpc) is 3.46. The molecule has 0 aliphatic heterocycles. The molecule has 4 fully saturated rings. The van der Waals surface area contributed by atoms with Crippen molar-refractivity contribution in [2.75, 3.05) is 0 Å². The van der Waals surface area contributed by atoms with Crippen molar-refractivity contribution in [1.82, 2.24) is 14.5 Å². The van der Waals surface area contributed by atoms with Crippen molar-refractivity contribution in [3.8, 4) is 39.6 Å². The highest BCUT2D eigenvalue weighted by Gasteiger charge is 2.51. The molecule has 7 aromatic rings. The molecule has 3 nitrogen and oxygen atoms in total. The monoisotopic (exact) mass is 607 g/mol. The van der Waals surface area contributed by atoms with E-state index in [-0.39, 0.29) is 0 Å². The van der Waals surface area contributed by atoms with Crippen LogP contribution in [0.25, 0.3) is 61.4 Å². The Labute approximate surface area is 276 Å². The number of fused-ring (bicyclic) bond motifs is 3. The molecule has 0 radical (unpaired) electrons. The van der Waals surface area contributed by atoms with Crippen molar-refractivity contribution in [3.05, 3.63) is 139 Å². The molecule has 5 aromatic carbocycles. The van der Waals surface area contributed by atoms with Crippen LogP contribution in [-0.4, -0.2) is 14.5 Å². The maximum atomic E-state index is 5.43. The van der Waals surface area contributed by atoms with Crippen LogP contribution < -0.4 is 0 Å². The molecule has 2 heterocycles. The molecule has 0 saturated heterocycles. The van der Waals surface area contributed by atoms with Crippen LogP contribution in [0.4, 0.5) is 0 Å². The molecule has 2 aromatic heterocycles. The second-order valence-corrected chi connectivity index (χ2v) is 14.5. The Hall–Kier alpha value is -5.02. The summed E-state index contributed by atoms with van der Waals surface area (Å²) in [4.78, 5) is 10.7. The molecule has 3 heteroatoms. The Morgan fingerprint density at radius 2 is 1.02 bits per heavy atom. The van der Waals surface area contributed by atoms with E-state index in [0.717, 1.165) is 51.3 Å². The number of benzene rings is 5. The van der Waals surface area contributed by atoms with E-state index in [9.17, 15) is 0 Å². The zero-order valence-corrected chi connectivity index (χ0v) is 26.5. The zero-order chi connectivity index (χ0) is 31.0. The van der Waals surface area contributed by atoms with Gasteiger partial charge in [-0.25, -0.2) is 9.97 Å². The van der Waals surface area contributed by atoms with E-state index in [1.807, 2.05) is 0 Å². The smallest absolute Gasteiger partial charge is 0.235 e. The van der Waals surface area contributed by atoms with E-state index < -0.39 is 0 Å². The summed E-state index contributed by atoms with van der Waals surface area (Å²) < 4.78 is 2.24. The number of hydrogen-bond donors (Lipinski definition) is 0. The molecule has 0 unspecified atom stereocenters. The van der Waals surface area contributed by atoms with Gasteiger partial charge >= 0.3 is 0 Å². The first-order valence-corrected chi connectivity index (χ1v) is 17.3. The molecule has 228 valence electrons. The highest BCUT2D eigenvalue weighted by molar-refractivity contribution is 6.09. The van der Waals surface area contributed by atoms with E-state index in [4.69, 9.17) is 9.97 Å². The predicted molar refractivity (Wildman–Crippen MR) is 193 cm³/mol. The molecule has 4 aliphatic carbocycles. The maximum absolute atomic E-state index is 5.43. The first-order valence-electron chi connectivity index (χ1n) is 17.3. The third-order valence-electron chi connectivity index (χ3n) is 11.6. The van der Waals surface area contributed by atoms with E-state index in [1.54, 1.807) is 5.56 Å². The van der Waals surface area contributed by atoms with E-state index in [2.05, 4.69) is 138 Å². The van der Waals surface area contributed by atoms with Crippen molar-refractivity contribution in [2.45, 2.75) is 43.9 Å². The molecular formula is C44H37N3. The Balaban J connectivity index is 1.21. The van der Waals surface area contributed by atoms with Crippen LogP contribution in [0.5, 0.6) is 0 Å². The van der Waals surface area contributed by atoms with E-state index in [1.165, 1.54) is 60.4 Å². The van der Waals surface area contributed by atoms with E-state index in [0.29, 0.717) is 11.4 Å². The van der Waals surface area contributed by atoms with Gasteiger partial charge < -0.3 is 0 Å². The average molecular weight is 608 g/mol. The molecule has 4 saturated carbocycles. The van der Waals surface area contributed by atoms with Crippen molar-refractivity contribution in [2.24, 2.45) is 17.8 Å². The number of rotatable bonds is 5. The molecule has 11 rings (SSSR count). The second-order valence-electron chi connectivity index (χ2n) is 14.5. The fourth-order valence-electron chi connectivity index (χ4n) is 9.99. The third kappa shape index (κ3) is 4.40. The Morgan fingerprint density at radius 3 is 1.64 bits per heavy atom. The van der Waals surface area contributed by atoms with Crippen molar-refractivity contribution in [1.29, 1.82) is 0 Å². The molecule has 4 aliphatic rings. The van der Waals surface area contributed by atoms with Crippen LogP contribution in [0.1, 0.15) is 44.1 Å². The SMILES string of the molecule is c1ccc(-c2cc(-c3ccc(C45CC6CC(CC(C6)C4)C5)cc3-c3ccccc3)nc(-n3c4ccccc4c4ccccc43)n2)cc1. The Morgan fingerprint density at radius 1 is 0.489 bits per heavy atom. The van der Waals surface area contributed by atoms with Gasteiger partial charge in [0.1, 0.15) is 0 Å². The maximum Gasteiger partial charge on any atom is 0.235 e. The van der Waals surface area contributed by atoms with Gasteiger partial charge in [-0.05, 0) is 103 Å².